The number of halogens is 1. The van der Waals surface area contributed by atoms with Crippen molar-refractivity contribution in [1.29, 1.82) is 0 Å². The zero-order chi connectivity index (χ0) is 18.8. The normalized spacial score (nSPS) is 13.2. The number of ether oxygens (including phenoxy) is 3. The third-order valence-electron chi connectivity index (χ3n) is 4.06. The average molecular weight is 377 g/mol. The average Bonchev–Trinajstić information content (AvgIpc) is 2.65. The fraction of sp³-hybridized carbons (Fsp3) is 0.278. The van der Waals surface area contributed by atoms with E-state index in [0.29, 0.717) is 33.5 Å². The van der Waals surface area contributed by atoms with Crippen molar-refractivity contribution in [2.24, 2.45) is 5.22 Å². The van der Waals surface area contributed by atoms with Crippen LogP contribution in [0.1, 0.15) is 11.1 Å². The fourth-order valence-electron chi connectivity index (χ4n) is 2.65. The molecule has 1 aliphatic rings. The van der Waals surface area contributed by atoms with Crippen molar-refractivity contribution in [3.63, 3.8) is 0 Å². The van der Waals surface area contributed by atoms with Crippen LogP contribution in [0.2, 0.25) is 5.02 Å². The summed E-state index contributed by atoms with van der Waals surface area (Å²) in [7, 11) is 4.73. The third-order valence-corrected chi connectivity index (χ3v) is 4.35. The van der Waals surface area contributed by atoms with Gasteiger partial charge in [-0.05, 0) is 30.7 Å². The number of rotatable bonds is 6. The molecule has 0 aliphatic carbocycles. The SMILES string of the molecule is COc1cc(C)c(OCc2c(OC)cccc2N2N=[N+](C)C2=O)cc1Cl. The van der Waals surface area contributed by atoms with Gasteiger partial charge >= 0.3 is 6.03 Å². The summed E-state index contributed by atoms with van der Waals surface area (Å²) in [5.74, 6) is 1.82. The molecular formula is C18H19ClN3O4+. The molecule has 0 N–H and O–H groups in total. The molecule has 1 heterocycles. The lowest BCUT2D eigenvalue weighted by molar-refractivity contribution is -0.498. The van der Waals surface area contributed by atoms with Crippen molar-refractivity contribution in [2.45, 2.75) is 13.5 Å². The number of hydrogen-bond donors (Lipinski definition) is 0. The summed E-state index contributed by atoms with van der Waals surface area (Å²) in [4.78, 5) is 12.0. The van der Waals surface area contributed by atoms with Gasteiger partial charge in [0.2, 0.25) is 0 Å². The van der Waals surface area contributed by atoms with Gasteiger partial charge in [0, 0.05) is 11.3 Å². The number of methoxy groups -OCH3 is 2. The second-order valence-corrected chi connectivity index (χ2v) is 6.11. The maximum absolute atomic E-state index is 12.0. The monoisotopic (exact) mass is 376 g/mol. The van der Waals surface area contributed by atoms with E-state index in [4.69, 9.17) is 25.8 Å². The first kappa shape index (κ1) is 18.0. The fourth-order valence-corrected chi connectivity index (χ4v) is 2.88. The first-order chi connectivity index (χ1) is 12.5. The largest absolute Gasteiger partial charge is 0.496 e. The molecule has 3 rings (SSSR count). The van der Waals surface area contributed by atoms with Crippen LogP contribution in [0.25, 0.3) is 0 Å². The third kappa shape index (κ3) is 3.17. The van der Waals surface area contributed by atoms with Crippen LogP contribution in [-0.4, -0.2) is 32.0 Å². The number of anilines is 1. The Morgan fingerprint density at radius 2 is 1.88 bits per heavy atom. The van der Waals surface area contributed by atoms with E-state index in [-0.39, 0.29) is 12.6 Å². The first-order valence-electron chi connectivity index (χ1n) is 7.88. The predicted molar refractivity (Wildman–Crippen MR) is 96.6 cm³/mol. The van der Waals surface area contributed by atoms with Gasteiger partial charge in [-0.1, -0.05) is 22.7 Å². The molecule has 7 nitrogen and oxygen atoms in total. The second-order valence-electron chi connectivity index (χ2n) is 5.71. The highest BCUT2D eigenvalue weighted by molar-refractivity contribution is 6.32. The van der Waals surface area contributed by atoms with Crippen LogP contribution >= 0.6 is 11.6 Å². The Labute approximate surface area is 156 Å². The summed E-state index contributed by atoms with van der Waals surface area (Å²) in [6.07, 6.45) is 0. The Kier molecular flexibility index (Phi) is 4.99. The maximum Gasteiger partial charge on any atom is 0.488 e. The number of amides is 2. The van der Waals surface area contributed by atoms with Gasteiger partial charge < -0.3 is 14.2 Å². The molecule has 0 bridgehead atoms. The van der Waals surface area contributed by atoms with Gasteiger partial charge in [0.1, 0.15) is 29.5 Å². The summed E-state index contributed by atoms with van der Waals surface area (Å²) in [6.45, 7) is 2.09. The molecule has 2 aromatic carbocycles. The van der Waals surface area contributed by atoms with Gasteiger partial charge in [-0.2, -0.15) is 0 Å². The lowest BCUT2D eigenvalue weighted by Crippen LogP contribution is -2.43. The van der Waals surface area contributed by atoms with E-state index in [1.807, 2.05) is 19.1 Å². The topological polar surface area (TPSA) is 63.4 Å². The minimum Gasteiger partial charge on any atom is -0.496 e. The zero-order valence-corrected chi connectivity index (χ0v) is 15.7. The van der Waals surface area contributed by atoms with Gasteiger partial charge in [-0.3, -0.25) is 0 Å². The maximum atomic E-state index is 12.0. The highest BCUT2D eigenvalue weighted by atomic mass is 35.5. The number of aryl methyl sites for hydroxylation is 1. The molecule has 0 spiro atoms. The van der Waals surface area contributed by atoms with Crippen LogP contribution in [0.5, 0.6) is 17.2 Å². The number of carbonyl (C=O) groups excluding carboxylic acids is 1. The van der Waals surface area contributed by atoms with E-state index >= 15 is 0 Å². The van der Waals surface area contributed by atoms with Crippen LogP contribution in [0.15, 0.2) is 35.6 Å². The van der Waals surface area contributed by atoms with Gasteiger partial charge in [-0.25, -0.2) is 4.79 Å². The Morgan fingerprint density at radius 1 is 1.15 bits per heavy atom. The first-order valence-corrected chi connectivity index (χ1v) is 8.26. The van der Waals surface area contributed by atoms with Crippen molar-refractivity contribution in [3.05, 3.63) is 46.5 Å². The minimum atomic E-state index is -0.219. The summed E-state index contributed by atoms with van der Waals surface area (Å²) < 4.78 is 17.8. The van der Waals surface area contributed by atoms with E-state index in [2.05, 4.69) is 5.22 Å². The molecule has 0 unspecified atom stereocenters. The molecular weight excluding hydrogens is 358 g/mol. The van der Waals surface area contributed by atoms with E-state index in [0.717, 1.165) is 5.56 Å². The number of benzene rings is 2. The van der Waals surface area contributed by atoms with Gasteiger partial charge in [0.05, 0.1) is 31.9 Å². The molecule has 0 fully saturated rings. The quantitative estimate of drug-likeness (QED) is 0.709. The van der Waals surface area contributed by atoms with Crippen LogP contribution in [0.4, 0.5) is 10.5 Å². The Morgan fingerprint density at radius 3 is 2.50 bits per heavy atom. The van der Waals surface area contributed by atoms with Crippen molar-refractivity contribution in [1.82, 2.24) is 0 Å². The molecule has 8 heteroatoms. The summed E-state index contributed by atoms with van der Waals surface area (Å²) in [5.41, 5.74) is 2.21. The molecule has 0 saturated heterocycles. The van der Waals surface area contributed by atoms with E-state index in [1.165, 1.54) is 9.71 Å². The number of nitrogens with zero attached hydrogens (tertiary/aromatic N) is 3. The lowest BCUT2D eigenvalue weighted by Gasteiger charge is -2.21. The molecule has 2 aromatic rings. The smallest absolute Gasteiger partial charge is 0.488 e. The zero-order valence-electron chi connectivity index (χ0n) is 14.9. The molecule has 0 saturated carbocycles. The Bertz CT molecular complexity index is 898. The Hall–Kier alpha value is -2.80. The standard InChI is InChI=1S/C18H19ClN3O4/c1-11-8-17(25-4)13(19)9-16(11)26-10-12-14(6-5-7-15(12)24-3)22-18(23)21(2)20-22/h5-9H,10H2,1-4H3/q+1. The Balaban J connectivity index is 1.91. The number of carbonyl (C=O) groups is 1. The summed E-state index contributed by atoms with van der Waals surface area (Å²) >= 11 is 6.19. The van der Waals surface area contributed by atoms with Gasteiger partial charge in [0.15, 0.2) is 0 Å². The van der Waals surface area contributed by atoms with Crippen LogP contribution in [0.3, 0.4) is 0 Å². The van der Waals surface area contributed by atoms with Crippen molar-refractivity contribution in [3.8, 4) is 17.2 Å². The number of hydrogen-bond acceptors (Lipinski definition) is 5. The van der Waals surface area contributed by atoms with Gasteiger partial charge in [0.25, 0.3) is 0 Å². The molecule has 136 valence electrons. The van der Waals surface area contributed by atoms with Gasteiger partial charge in [-0.15, -0.1) is 4.70 Å². The van der Waals surface area contributed by atoms with Crippen LogP contribution in [-0.2, 0) is 6.61 Å². The van der Waals surface area contributed by atoms with E-state index < -0.39 is 0 Å². The molecule has 26 heavy (non-hydrogen) atoms. The van der Waals surface area contributed by atoms with Crippen molar-refractivity contribution in [2.75, 3.05) is 26.3 Å². The molecule has 0 radical (unpaired) electrons. The second kappa shape index (κ2) is 7.21. The molecule has 2 amide bonds. The predicted octanol–water partition coefficient (Wildman–Crippen LogP) is 4.19. The highest BCUT2D eigenvalue weighted by Crippen LogP contribution is 2.36. The van der Waals surface area contributed by atoms with E-state index in [9.17, 15) is 4.79 Å². The lowest BCUT2D eigenvalue weighted by atomic mass is 10.1. The summed E-state index contributed by atoms with van der Waals surface area (Å²) in [5, 5.41) is 5.86. The van der Waals surface area contributed by atoms with Crippen molar-refractivity contribution >= 4 is 23.3 Å². The van der Waals surface area contributed by atoms with Crippen molar-refractivity contribution < 1.29 is 23.7 Å². The molecule has 1 aliphatic heterocycles. The van der Waals surface area contributed by atoms with Crippen LogP contribution in [0, 0.1) is 6.92 Å². The van der Waals surface area contributed by atoms with Crippen LogP contribution < -0.4 is 19.2 Å². The molecule has 0 aromatic heterocycles. The highest BCUT2D eigenvalue weighted by Gasteiger charge is 2.37. The summed E-state index contributed by atoms with van der Waals surface area (Å²) in [6, 6.07) is 8.70. The molecule has 0 atom stereocenters. The number of urea groups is 1. The minimum absolute atomic E-state index is 0.186. The van der Waals surface area contributed by atoms with E-state index in [1.54, 1.807) is 39.5 Å².